The van der Waals surface area contributed by atoms with Gasteiger partial charge in [0.25, 0.3) is 17.7 Å². The fourth-order valence-electron chi connectivity index (χ4n) is 2.44. The molecule has 0 spiro atoms. The van der Waals surface area contributed by atoms with E-state index in [4.69, 9.17) is 4.74 Å². The van der Waals surface area contributed by atoms with Gasteiger partial charge in [0.1, 0.15) is 6.54 Å². The number of fused-ring (bicyclic) bond motifs is 1. The first-order chi connectivity index (χ1) is 12.5. The van der Waals surface area contributed by atoms with Crippen molar-refractivity contribution in [3.8, 4) is 0 Å². The van der Waals surface area contributed by atoms with E-state index in [2.05, 4.69) is 21.2 Å². The summed E-state index contributed by atoms with van der Waals surface area (Å²) in [7, 11) is 0. The van der Waals surface area contributed by atoms with E-state index in [0.29, 0.717) is 10.0 Å². The number of carbonyl (C=O) groups excluding carboxylic acids is 4. The van der Waals surface area contributed by atoms with Gasteiger partial charge < -0.3 is 10.1 Å². The zero-order chi connectivity index (χ0) is 18.7. The Morgan fingerprint density at radius 1 is 0.962 bits per heavy atom. The minimum atomic E-state index is -0.762. The number of hydrogen-bond acceptors (Lipinski definition) is 5. The van der Waals surface area contributed by atoms with Crippen LogP contribution in [-0.4, -0.2) is 41.9 Å². The average Bonchev–Trinajstić information content (AvgIpc) is 2.89. The highest BCUT2D eigenvalue weighted by atomic mass is 79.9. The number of nitrogens with zero attached hydrogens (tertiary/aromatic N) is 1. The summed E-state index contributed by atoms with van der Waals surface area (Å²) in [6.07, 6.45) is 0. The summed E-state index contributed by atoms with van der Waals surface area (Å²) in [5.41, 5.74) is 0.923. The Bertz CT molecular complexity index is 877. The first-order valence-corrected chi connectivity index (χ1v) is 8.42. The van der Waals surface area contributed by atoms with Crippen molar-refractivity contribution in [3.05, 3.63) is 69.7 Å². The minimum absolute atomic E-state index is 0.274. The Hall–Kier alpha value is -3.00. The normalized spacial score (nSPS) is 12.7. The highest BCUT2D eigenvalue weighted by molar-refractivity contribution is 9.10. The van der Waals surface area contributed by atoms with Crippen LogP contribution >= 0.6 is 15.9 Å². The summed E-state index contributed by atoms with van der Waals surface area (Å²) in [5, 5.41) is 2.42. The molecule has 2 aromatic rings. The third-order valence-corrected chi connectivity index (χ3v) is 4.44. The number of rotatable bonds is 5. The summed E-state index contributed by atoms with van der Waals surface area (Å²) in [5.74, 6) is -2.25. The number of nitrogens with one attached hydrogen (secondary N) is 1. The van der Waals surface area contributed by atoms with Crippen molar-refractivity contribution < 1.29 is 23.9 Å². The maximum atomic E-state index is 12.1. The van der Waals surface area contributed by atoms with Crippen LogP contribution in [0.15, 0.2) is 53.0 Å². The van der Waals surface area contributed by atoms with Crippen LogP contribution in [0.3, 0.4) is 0 Å². The summed E-state index contributed by atoms with van der Waals surface area (Å²) in [4.78, 5) is 49.0. The van der Waals surface area contributed by atoms with Gasteiger partial charge in [-0.1, -0.05) is 24.3 Å². The van der Waals surface area contributed by atoms with Gasteiger partial charge in [0.2, 0.25) is 0 Å². The van der Waals surface area contributed by atoms with Gasteiger partial charge >= 0.3 is 5.97 Å². The molecule has 2 aromatic carbocycles. The third-order valence-electron chi connectivity index (χ3n) is 3.74. The standard InChI is InChI=1S/C18H13BrN2O5/c19-14-8-4-3-7-13(14)16(23)20-9-15(22)26-10-21-17(24)11-5-1-2-6-12(11)18(21)25/h1-8H,9-10H2,(H,20,23). The monoisotopic (exact) mass is 416 g/mol. The molecule has 3 rings (SSSR count). The molecule has 0 saturated heterocycles. The second kappa shape index (κ2) is 7.49. The second-order valence-electron chi connectivity index (χ2n) is 5.39. The molecule has 132 valence electrons. The van der Waals surface area contributed by atoms with Crippen LogP contribution < -0.4 is 5.32 Å². The first kappa shape index (κ1) is 17.8. The van der Waals surface area contributed by atoms with E-state index < -0.39 is 30.4 Å². The molecule has 0 fully saturated rings. The fourth-order valence-corrected chi connectivity index (χ4v) is 2.90. The second-order valence-corrected chi connectivity index (χ2v) is 6.25. The molecule has 0 unspecified atom stereocenters. The van der Waals surface area contributed by atoms with Crippen molar-refractivity contribution in [2.24, 2.45) is 0 Å². The maximum Gasteiger partial charge on any atom is 0.327 e. The molecule has 1 heterocycles. The molecule has 0 aliphatic carbocycles. The van der Waals surface area contributed by atoms with Gasteiger partial charge in [-0.2, -0.15) is 0 Å². The molecular formula is C18H13BrN2O5. The molecule has 0 saturated carbocycles. The molecule has 1 aliphatic heterocycles. The molecule has 26 heavy (non-hydrogen) atoms. The van der Waals surface area contributed by atoms with Crippen LogP contribution in [0.4, 0.5) is 0 Å². The zero-order valence-electron chi connectivity index (χ0n) is 13.4. The number of benzene rings is 2. The van der Waals surface area contributed by atoms with E-state index in [-0.39, 0.29) is 17.7 Å². The molecule has 0 bridgehead atoms. The van der Waals surface area contributed by atoms with Gasteiger partial charge in [-0.3, -0.25) is 19.2 Å². The Balaban J connectivity index is 1.52. The van der Waals surface area contributed by atoms with Gasteiger partial charge in [-0.15, -0.1) is 0 Å². The van der Waals surface area contributed by atoms with Crippen molar-refractivity contribution in [2.75, 3.05) is 13.3 Å². The van der Waals surface area contributed by atoms with Crippen LogP contribution in [0.5, 0.6) is 0 Å². The van der Waals surface area contributed by atoms with Gasteiger partial charge in [0.05, 0.1) is 16.7 Å². The maximum absolute atomic E-state index is 12.1. The van der Waals surface area contributed by atoms with Gasteiger partial charge in [0.15, 0.2) is 6.73 Å². The first-order valence-electron chi connectivity index (χ1n) is 7.62. The molecular weight excluding hydrogens is 404 g/mol. The van der Waals surface area contributed by atoms with Crippen LogP contribution in [0.25, 0.3) is 0 Å². The van der Waals surface area contributed by atoms with Crippen molar-refractivity contribution in [1.82, 2.24) is 10.2 Å². The van der Waals surface area contributed by atoms with Gasteiger partial charge in [-0.25, -0.2) is 4.90 Å². The van der Waals surface area contributed by atoms with E-state index in [1.807, 2.05) is 0 Å². The Morgan fingerprint density at radius 2 is 1.54 bits per heavy atom. The van der Waals surface area contributed by atoms with Crippen molar-refractivity contribution in [2.45, 2.75) is 0 Å². The van der Waals surface area contributed by atoms with Gasteiger partial charge in [0, 0.05) is 4.47 Å². The molecule has 3 amide bonds. The number of amides is 3. The number of halogens is 1. The summed E-state index contributed by atoms with van der Waals surface area (Å²) >= 11 is 3.25. The largest absolute Gasteiger partial charge is 0.442 e. The fraction of sp³-hybridized carbons (Fsp3) is 0.111. The minimum Gasteiger partial charge on any atom is -0.442 e. The number of ether oxygens (including phenoxy) is 1. The highest BCUT2D eigenvalue weighted by Crippen LogP contribution is 2.22. The lowest BCUT2D eigenvalue weighted by atomic mass is 10.1. The number of carbonyl (C=O) groups is 4. The van der Waals surface area contributed by atoms with Crippen LogP contribution in [0.2, 0.25) is 0 Å². The molecule has 0 aromatic heterocycles. The van der Waals surface area contributed by atoms with Gasteiger partial charge in [-0.05, 0) is 40.2 Å². The van der Waals surface area contributed by atoms with Crippen molar-refractivity contribution >= 4 is 39.6 Å². The number of imide groups is 1. The quantitative estimate of drug-likeness (QED) is 0.594. The number of esters is 1. The van der Waals surface area contributed by atoms with Crippen LogP contribution in [0.1, 0.15) is 31.1 Å². The molecule has 8 heteroatoms. The highest BCUT2D eigenvalue weighted by Gasteiger charge is 2.35. The smallest absolute Gasteiger partial charge is 0.327 e. The Labute approximate surface area is 157 Å². The van der Waals surface area contributed by atoms with Crippen LogP contribution in [0, 0.1) is 0 Å². The van der Waals surface area contributed by atoms with E-state index in [1.54, 1.807) is 36.4 Å². The topological polar surface area (TPSA) is 92.8 Å². The molecule has 7 nitrogen and oxygen atoms in total. The predicted molar refractivity (Wildman–Crippen MR) is 94.4 cm³/mol. The SMILES string of the molecule is O=C(CNC(=O)c1ccccc1Br)OCN1C(=O)c2ccccc2C1=O. The molecule has 0 radical (unpaired) electrons. The lowest BCUT2D eigenvalue weighted by molar-refractivity contribution is -0.145. The summed E-state index contributed by atoms with van der Waals surface area (Å²) in [6, 6.07) is 13.1. The van der Waals surface area contributed by atoms with E-state index in [1.165, 1.54) is 12.1 Å². The third kappa shape index (κ3) is 3.50. The van der Waals surface area contributed by atoms with Crippen LogP contribution in [-0.2, 0) is 9.53 Å². The zero-order valence-corrected chi connectivity index (χ0v) is 15.0. The Morgan fingerprint density at radius 3 is 2.15 bits per heavy atom. The lowest BCUT2D eigenvalue weighted by Gasteiger charge is -2.14. The van der Waals surface area contributed by atoms with E-state index in [0.717, 1.165) is 4.90 Å². The average molecular weight is 417 g/mol. The van der Waals surface area contributed by atoms with E-state index in [9.17, 15) is 19.2 Å². The lowest BCUT2D eigenvalue weighted by Crippen LogP contribution is -2.36. The van der Waals surface area contributed by atoms with E-state index >= 15 is 0 Å². The molecule has 1 aliphatic rings. The van der Waals surface area contributed by atoms with Crippen molar-refractivity contribution in [3.63, 3.8) is 0 Å². The summed E-state index contributed by atoms with van der Waals surface area (Å²) in [6.45, 7) is -0.889. The summed E-state index contributed by atoms with van der Waals surface area (Å²) < 4.78 is 5.53. The predicted octanol–water partition coefficient (Wildman–Crippen LogP) is 1.98. The number of hydrogen-bond donors (Lipinski definition) is 1. The molecule has 0 atom stereocenters. The Kier molecular flexibility index (Phi) is 5.13. The molecule has 1 N–H and O–H groups in total. The van der Waals surface area contributed by atoms with Crippen molar-refractivity contribution in [1.29, 1.82) is 0 Å².